The van der Waals surface area contributed by atoms with Crippen LogP contribution in [0.15, 0.2) is 48.5 Å². The van der Waals surface area contributed by atoms with E-state index in [0.29, 0.717) is 23.2 Å². The quantitative estimate of drug-likeness (QED) is 0.806. The first-order valence-corrected chi connectivity index (χ1v) is 9.18. The molecule has 2 aromatic rings. The molecule has 0 aromatic heterocycles. The number of anilines is 1. The maximum atomic E-state index is 13.5. The molecular formula is C17H19FN2O3S. The number of sulfonamides is 1. The molecule has 0 aliphatic carbocycles. The van der Waals surface area contributed by atoms with Gasteiger partial charge in [0.05, 0.1) is 5.75 Å². The summed E-state index contributed by atoms with van der Waals surface area (Å²) in [5.41, 5.74) is 0.996. The van der Waals surface area contributed by atoms with Crippen molar-refractivity contribution >= 4 is 21.6 Å². The van der Waals surface area contributed by atoms with Crippen molar-refractivity contribution in [3.05, 3.63) is 65.5 Å². The number of rotatable bonds is 7. The van der Waals surface area contributed by atoms with Crippen LogP contribution < -0.4 is 10.0 Å². The normalized spacial score (nSPS) is 11.1. The third-order valence-corrected chi connectivity index (χ3v) is 4.76. The van der Waals surface area contributed by atoms with Crippen molar-refractivity contribution in [2.45, 2.75) is 19.9 Å². The molecule has 0 spiro atoms. The summed E-state index contributed by atoms with van der Waals surface area (Å²) in [6.07, 6.45) is 0.498. The van der Waals surface area contributed by atoms with E-state index in [9.17, 15) is 17.6 Å². The predicted octanol–water partition coefficient (Wildman–Crippen LogP) is 2.91. The van der Waals surface area contributed by atoms with Crippen LogP contribution in [0.4, 0.5) is 10.1 Å². The second-order valence-corrected chi connectivity index (χ2v) is 7.12. The lowest BCUT2D eigenvalue weighted by Crippen LogP contribution is -2.23. The van der Waals surface area contributed by atoms with Gasteiger partial charge in [-0.25, -0.2) is 12.8 Å². The third-order valence-electron chi connectivity index (χ3n) is 3.27. The Kier molecular flexibility index (Phi) is 5.92. The fraction of sp³-hybridized carbons (Fsp3) is 0.235. The monoisotopic (exact) mass is 350 g/mol. The van der Waals surface area contributed by atoms with Crippen LogP contribution in [-0.4, -0.2) is 20.1 Å². The van der Waals surface area contributed by atoms with Gasteiger partial charge in [-0.15, -0.1) is 0 Å². The number of hydrogen-bond donors (Lipinski definition) is 2. The fourth-order valence-electron chi connectivity index (χ4n) is 2.14. The van der Waals surface area contributed by atoms with E-state index in [1.807, 2.05) is 0 Å². The van der Waals surface area contributed by atoms with Crippen LogP contribution in [0.2, 0.25) is 0 Å². The minimum absolute atomic E-state index is 0.0106. The molecule has 0 atom stereocenters. The van der Waals surface area contributed by atoms with E-state index in [4.69, 9.17) is 0 Å². The Bertz CT molecular complexity index is 822. The van der Waals surface area contributed by atoms with Crippen LogP contribution in [0, 0.1) is 5.82 Å². The van der Waals surface area contributed by atoms with Gasteiger partial charge in [0.1, 0.15) is 5.82 Å². The highest BCUT2D eigenvalue weighted by Crippen LogP contribution is 2.13. The van der Waals surface area contributed by atoms with Crippen molar-refractivity contribution in [1.29, 1.82) is 0 Å². The van der Waals surface area contributed by atoms with E-state index in [-0.39, 0.29) is 18.1 Å². The van der Waals surface area contributed by atoms with E-state index in [1.165, 1.54) is 12.1 Å². The molecule has 0 bridgehead atoms. The summed E-state index contributed by atoms with van der Waals surface area (Å²) < 4.78 is 39.5. The van der Waals surface area contributed by atoms with Gasteiger partial charge < -0.3 is 5.32 Å². The van der Waals surface area contributed by atoms with Gasteiger partial charge >= 0.3 is 0 Å². The molecule has 0 aliphatic heterocycles. The van der Waals surface area contributed by atoms with E-state index >= 15 is 0 Å². The summed E-state index contributed by atoms with van der Waals surface area (Å²) >= 11 is 0. The second kappa shape index (κ2) is 7.92. The maximum absolute atomic E-state index is 13.5. The highest BCUT2D eigenvalue weighted by Gasteiger charge is 2.11. The third kappa shape index (κ3) is 5.06. The zero-order valence-corrected chi connectivity index (χ0v) is 14.1. The summed E-state index contributed by atoms with van der Waals surface area (Å²) in [5.74, 6) is -0.787. The molecule has 5 nitrogen and oxygen atoms in total. The summed E-state index contributed by atoms with van der Waals surface area (Å²) in [5, 5.41) is 2.62. The Labute approximate surface area is 141 Å². The Morgan fingerprint density at radius 3 is 2.58 bits per heavy atom. The van der Waals surface area contributed by atoms with E-state index < -0.39 is 15.9 Å². The van der Waals surface area contributed by atoms with E-state index in [2.05, 4.69) is 10.0 Å². The van der Waals surface area contributed by atoms with Crippen LogP contribution >= 0.6 is 0 Å². The maximum Gasteiger partial charge on any atom is 0.251 e. The lowest BCUT2D eigenvalue weighted by molar-refractivity contribution is 0.0950. The van der Waals surface area contributed by atoms with Gasteiger partial charge in [0.15, 0.2) is 0 Å². The highest BCUT2D eigenvalue weighted by molar-refractivity contribution is 7.92. The number of hydrogen-bond acceptors (Lipinski definition) is 3. The molecule has 0 saturated heterocycles. The molecule has 7 heteroatoms. The summed E-state index contributed by atoms with van der Waals surface area (Å²) in [6.45, 7) is 1.82. The molecule has 1 amide bonds. The molecule has 2 aromatic carbocycles. The molecule has 128 valence electrons. The summed E-state index contributed by atoms with van der Waals surface area (Å²) in [6, 6.07) is 12.3. The average Bonchev–Trinajstić information content (AvgIpc) is 2.53. The zero-order chi connectivity index (χ0) is 17.6. The average molecular weight is 350 g/mol. The number of halogens is 1. The first-order valence-electron chi connectivity index (χ1n) is 7.53. The van der Waals surface area contributed by atoms with Crippen molar-refractivity contribution < 1.29 is 17.6 Å². The Balaban J connectivity index is 2.05. The highest BCUT2D eigenvalue weighted by atomic mass is 32.2. The van der Waals surface area contributed by atoms with Crippen molar-refractivity contribution in [3.63, 3.8) is 0 Å². The number of amides is 1. The topological polar surface area (TPSA) is 75.3 Å². The van der Waals surface area contributed by atoms with Crippen molar-refractivity contribution in [3.8, 4) is 0 Å². The molecule has 2 N–H and O–H groups in total. The number of carbonyl (C=O) groups excluding carboxylic acids is 1. The van der Waals surface area contributed by atoms with Crippen LogP contribution in [0.3, 0.4) is 0 Å². The van der Waals surface area contributed by atoms with Crippen molar-refractivity contribution in [2.75, 3.05) is 10.5 Å². The van der Waals surface area contributed by atoms with E-state index in [0.717, 1.165) is 0 Å². The lowest BCUT2D eigenvalue weighted by atomic mass is 10.1. The smallest absolute Gasteiger partial charge is 0.251 e. The molecule has 24 heavy (non-hydrogen) atoms. The largest absolute Gasteiger partial charge is 0.348 e. The predicted molar refractivity (Wildman–Crippen MR) is 91.7 cm³/mol. The second-order valence-electron chi connectivity index (χ2n) is 5.28. The summed E-state index contributed by atoms with van der Waals surface area (Å²) in [4.78, 5) is 12.2. The minimum atomic E-state index is -3.42. The van der Waals surface area contributed by atoms with Crippen molar-refractivity contribution in [2.24, 2.45) is 0 Å². The van der Waals surface area contributed by atoms with Crippen LogP contribution in [-0.2, 0) is 16.6 Å². The van der Waals surface area contributed by atoms with Crippen LogP contribution in [0.25, 0.3) is 0 Å². The molecule has 0 aliphatic rings. The van der Waals surface area contributed by atoms with Crippen molar-refractivity contribution in [1.82, 2.24) is 5.32 Å². The lowest BCUT2D eigenvalue weighted by Gasteiger charge is -2.10. The van der Waals surface area contributed by atoms with Gasteiger partial charge in [-0.05, 0) is 30.7 Å². The Morgan fingerprint density at radius 1 is 1.12 bits per heavy atom. The Morgan fingerprint density at radius 2 is 1.88 bits per heavy atom. The number of benzene rings is 2. The van der Waals surface area contributed by atoms with E-state index in [1.54, 1.807) is 43.3 Å². The molecule has 0 unspecified atom stereocenters. The van der Waals surface area contributed by atoms with Crippen LogP contribution in [0.1, 0.15) is 29.3 Å². The molecular weight excluding hydrogens is 331 g/mol. The minimum Gasteiger partial charge on any atom is -0.348 e. The fourth-order valence-corrected chi connectivity index (χ4v) is 3.27. The number of carbonyl (C=O) groups is 1. The van der Waals surface area contributed by atoms with Gasteiger partial charge in [-0.2, -0.15) is 0 Å². The van der Waals surface area contributed by atoms with Gasteiger partial charge in [-0.3, -0.25) is 9.52 Å². The molecule has 0 heterocycles. The number of nitrogens with one attached hydrogen (secondary N) is 2. The van der Waals surface area contributed by atoms with Gasteiger partial charge in [-0.1, -0.05) is 31.2 Å². The zero-order valence-electron chi connectivity index (χ0n) is 13.3. The molecule has 0 fully saturated rings. The summed E-state index contributed by atoms with van der Waals surface area (Å²) in [7, 11) is -3.42. The SMILES string of the molecule is CCCS(=O)(=O)Nc1cccc(C(=O)NCc2ccccc2F)c1. The molecule has 0 saturated carbocycles. The first kappa shape index (κ1) is 17.9. The van der Waals surface area contributed by atoms with Crippen LogP contribution in [0.5, 0.6) is 0 Å². The Hall–Kier alpha value is -2.41. The van der Waals surface area contributed by atoms with Gasteiger partial charge in [0.2, 0.25) is 10.0 Å². The van der Waals surface area contributed by atoms with Gasteiger partial charge in [0, 0.05) is 23.4 Å². The molecule has 0 radical (unpaired) electrons. The van der Waals surface area contributed by atoms with Gasteiger partial charge in [0.25, 0.3) is 5.91 Å². The standard InChI is InChI=1S/C17H19FN2O3S/c1-2-10-24(22,23)20-15-8-5-7-13(11-15)17(21)19-12-14-6-3-4-9-16(14)18/h3-9,11,20H,2,10,12H2,1H3,(H,19,21). The first-order chi connectivity index (χ1) is 11.4. The molecule has 2 rings (SSSR count).